The van der Waals surface area contributed by atoms with E-state index in [0.29, 0.717) is 54.3 Å². The van der Waals surface area contributed by atoms with Gasteiger partial charge in [-0.25, -0.2) is 26.3 Å². The molecule has 3 atom stereocenters. The van der Waals surface area contributed by atoms with E-state index in [-0.39, 0.29) is 123 Å². The van der Waals surface area contributed by atoms with E-state index in [2.05, 4.69) is 16.0 Å². The molecule has 3 aliphatic carbocycles. The Bertz CT molecular complexity index is 3180. The molecule has 6 N–H and O–H groups in total. The van der Waals surface area contributed by atoms with Crippen LogP contribution in [0.4, 0.5) is 26.3 Å². The van der Waals surface area contributed by atoms with Crippen LogP contribution in [-0.2, 0) is 14.4 Å². The first-order valence-corrected chi connectivity index (χ1v) is 35.1. The van der Waals surface area contributed by atoms with Gasteiger partial charge in [0.1, 0.15) is 89.2 Å². The van der Waals surface area contributed by atoms with Crippen LogP contribution in [-0.4, -0.2) is 109 Å². The topological polar surface area (TPSA) is 203 Å². The molecule has 1 unspecified atom stereocenters. The molecule has 0 aromatic heterocycles. The van der Waals surface area contributed by atoms with Crippen molar-refractivity contribution in [3.05, 3.63) is 174 Å². The Morgan fingerprint density at radius 2 is 0.525 bits per heavy atom. The number of benzene rings is 6. The molecule has 0 radical (unpaired) electrons. The molecule has 3 fully saturated rings. The number of amides is 3. The van der Waals surface area contributed by atoms with Crippen LogP contribution in [0.1, 0.15) is 116 Å². The average Bonchev–Trinajstić information content (AvgIpc) is 1.92. The monoisotopic (exact) mass is 1500 g/mol. The van der Waals surface area contributed by atoms with E-state index in [0.717, 1.165) is 115 Å². The summed E-state index contributed by atoms with van der Waals surface area (Å²) < 4.78 is 113. The summed E-state index contributed by atoms with van der Waals surface area (Å²) in [5, 5.41) is 39.5. The summed E-state index contributed by atoms with van der Waals surface area (Å²) in [6, 6.07) is 24.9. The van der Waals surface area contributed by atoms with Crippen LogP contribution in [0.2, 0.25) is 30.1 Å². The molecule has 3 aliphatic rings. The largest absolute Gasteiger partial charge is 0.491 e. The van der Waals surface area contributed by atoms with Gasteiger partial charge in [-0.3, -0.25) is 14.4 Å². The van der Waals surface area contributed by atoms with Crippen LogP contribution in [0, 0.1) is 52.7 Å². The zero-order valence-corrected chi connectivity index (χ0v) is 58.6. The second kappa shape index (κ2) is 41.6. The summed E-state index contributed by atoms with van der Waals surface area (Å²) in [5.41, 5.74) is 0. The normalized spacial score (nSPS) is 19.1. The van der Waals surface area contributed by atoms with Gasteiger partial charge >= 0.3 is 0 Å². The third kappa shape index (κ3) is 29.3. The second-order valence-corrected chi connectivity index (χ2v) is 27.2. The molecule has 540 valence electrons. The highest BCUT2D eigenvalue weighted by Crippen LogP contribution is 2.33. The molecule has 27 heteroatoms. The lowest BCUT2D eigenvalue weighted by Gasteiger charge is -2.29. The molecule has 6 aromatic carbocycles. The molecule has 0 saturated heterocycles. The number of nitrogens with one attached hydrogen (secondary N) is 3. The third-order valence-electron chi connectivity index (χ3n) is 17.1. The van der Waals surface area contributed by atoms with Gasteiger partial charge in [0, 0.05) is 54.5 Å². The standard InChI is InChI=1S/3C24H27Cl2F2NO4/c3*25-20-9-7-18(11-22(20)27)32-13-17(30)6-3-15-1-4-16(5-2-15)29-24(31)14-33-19-8-10-21(26)23(28)12-19/h3*7-12,15-17,30H,1-6,13-14H2,(H,29,31)/t2*15?,16?,17-;/m10./s1. The number of halogens is 12. The van der Waals surface area contributed by atoms with Crippen molar-refractivity contribution in [2.45, 2.75) is 152 Å². The van der Waals surface area contributed by atoms with Crippen molar-refractivity contribution in [2.75, 3.05) is 39.6 Å². The number of hydrogen-bond donors (Lipinski definition) is 6. The quantitative estimate of drug-likeness (QED) is 0.0233. The molecule has 9 rings (SSSR count). The molecule has 6 aromatic rings. The van der Waals surface area contributed by atoms with Gasteiger partial charge in [-0.05, 0) is 206 Å². The fourth-order valence-corrected chi connectivity index (χ4v) is 12.3. The minimum Gasteiger partial charge on any atom is -0.491 e. The maximum atomic E-state index is 13.4. The van der Waals surface area contributed by atoms with Gasteiger partial charge in [0.15, 0.2) is 19.8 Å². The van der Waals surface area contributed by atoms with Crippen molar-refractivity contribution in [3.8, 4) is 34.5 Å². The summed E-state index contributed by atoms with van der Waals surface area (Å²) in [4.78, 5) is 36.4. The fourth-order valence-electron chi connectivity index (χ4n) is 11.6. The van der Waals surface area contributed by atoms with Gasteiger partial charge < -0.3 is 59.7 Å². The Hall–Kier alpha value is -6.27. The van der Waals surface area contributed by atoms with Crippen molar-refractivity contribution in [3.63, 3.8) is 0 Å². The first-order valence-electron chi connectivity index (χ1n) is 32.8. The van der Waals surface area contributed by atoms with Gasteiger partial charge in [0.25, 0.3) is 17.7 Å². The van der Waals surface area contributed by atoms with Crippen LogP contribution >= 0.6 is 69.6 Å². The van der Waals surface area contributed by atoms with E-state index in [9.17, 15) is 56.0 Å². The molecule has 99 heavy (non-hydrogen) atoms. The first kappa shape index (κ1) is 80.0. The summed E-state index contributed by atoms with van der Waals surface area (Å²) in [6.07, 6.45) is 13.2. The maximum absolute atomic E-state index is 13.4. The third-order valence-corrected chi connectivity index (χ3v) is 19.0. The predicted molar refractivity (Wildman–Crippen MR) is 369 cm³/mol. The zero-order chi connectivity index (χ0) is 71.4. The summed E-state index contributed by atoms with van der Waals surface area (Å²) >= 11 is 33.8. The molecule has 15 nitrogen and oxygen atoms in total. The molecule has 3 saturated carbocycles. The minimum absolute atomic E-state index is 0.000511. The Kier molecular flexibility index (Phi) is 33.6. The summed E-state index contributed by atoms with van der Waals surface area (Å²) in [5.74, 6) is -1.06. The highest BCUT2D eigenvalue weighted by atomic mass is 35.5. The maximum Gasteiger partial charge on any atom is 0.258 e. The van der Waals surface area contributed by atoms with E-state index in [1.807, 2.05) is 0 Å². The van der Waals surface area contributed by atoms with Gasteiger partial charge in [-0.15, -0.1) is 0 Å². The van der Waals surface area contributed by atoms with Crippen LogP contribution in [0.25, 0.3) is 0 Å². The van der Waals surface area contributed by atoms with Crippen LogP contribution in [0.15, 0.2) is 109 Å². The lowest BCUT2D eigenvalue weighted by molar-refractivity contribution is -0.124. The highest BCUT2D eigenvalue weighted by Gasteiger charge is 2.27. The number of aliphatic hydroxyl groups is 3. The molecular weight excluding hydrogens is 1430 g/mol. The van der Waals surface area contributed by atoms with Gasteiger partial charge in [-0.1, -0.05) is 69.6 Å². The Morgan fingerprint density at radius 3 is 0.717 bits per heavy atom. The smallest absolute Gasteiger partial charge is 0.258 e. The van der Waals surface area contributed by atoms with E-state index < -0.39 is 53.2 Å². The molecule has 0 spiro atoms. The van der Waals surface area contributed by atoms with Crippen molar-refractivity contribution in [1.29, 1.82) is 0 Å². The lowest BCUT2D eigenvalue weighted by Crippen LogP contribution is -2.40. The lowest BCUT2D eigenvalue weighted by atomic mass is 9.83. The Balaban J connectivity index is 0.000000209. The average molecular weight is 1510 g/mol. The van der Waals surface area contributed by atoms with Crippen LogP contribution in [0.5, 0.6) is 34.5 Å². The highest BCUT2D eigenvalue weighted by molar-refractivity contribution is 6.32. The van der Waals surface area contributed by atoms with E-state index in [1.54, 1.807) is 18.2 Å². The van der Waals surface area contributed by atoms with Crippen LogP contribution in [0.3, 0.4) is 0 Å². The number of rotatable bonds is 30. The van der Waals surface area contributed by atoms with E-state index >= 15 is 0 Å². The fraction of sp³-hybridized carbons (Fsp3) is 0.458. The molecular formula is C72H81Cl6F6N3O12. The van der Waals surface area contributed by atoms with Gasteiger partial charge in [0.05, 0.1) is 48.4 Å². The van der Waals surface area contributed by atoms with Crippen molar-refractivity contribution < 1.29 is 84.5 Å². The SMILES string of the molecule is O=C(COc1ccc(Cl)c(F)c1)NC1CCC(CCC(O)COc2ccc(Cl)c(F)c2)CC1.O=C(COc1ccc(Cl)c(F)c1)NC1CCC(CC[C@@H](O)COc2ccc(Cl)c(F)c2)CC1.O=C(COc1ccc(Cl)c(F)c1)NC1CCC(CC[C@H](O)COc2ccc(Cl)c(F)c2)CC1. The van der Waals surface area contributed by atoms with E-state index in [4.69, 9.17) is 98.0 Å². The molecule has 0 heterocycles. The Morgan fingerprint density at radius 1 is 0.333 bits per heavy atom. The Labute approximate surface area is 602 Å². The number of carbonyl (C=O) groups excluding carboxylic acids is 3. The first-order chi connectivity index (χ1) is 47.4. The summed E-state index contributed by atoms with van der Waals surface area (Å²) in [7, 11) is 0. The zero-order valence-electron chi connectivity index (χ0n) is 54.1. The number of aliphatic hydroxyl groups excluding tert-OH is 3. The minimum atomic E-state index is -0.643. The van der Waals surface area contributed by atoms with E-state index in [1.165, 1.54) is 72.8 Å². The molecule has 3 amide bonds. The number of carbonyl (C=O) groups is 3. The number of hydrogen-bond acceptors (Lipinski definition) is 12. The van der Waals surface area contributed by atoms with Crippen molar-refractivity contribution >= 4 is 87.3 Å². The van der Waals surface area contributed by atoms with Crippen molar-refractivity contribution in [2.24, 2.45) is 17.8 Å². The molecule has 0 bridgehead atoms. The predicted octanol–water partition coefficient (Wildman–Crippen LogP) is 16.6. The number of ether oxygens (including phenoxy) is 6. The summed E-state index contributed by atoms with van der Waals surface area (Å²) in [6.45, 7) is -0.307. The van der Waals surface area contributed by atoms with Gasteiger partial charge in [-0.2, -0.15) is 0 Å². The van der Waals surface area contributed by atoms with Crippen molar-refractivity contribution in [1.82, 2.24) is 16.0 Å². The van der Waals surface area contributed by atoms with Crippen LogP contribution < -0.4 is 44.4 Å². The second-order valence-electron chi connectivity index (χ2n) is 24.8. The van der Waals surface area contributed by atoms with Gasteiger partial charge in [0.2, 0.25) is 0 Å². The molecule has 0 aliphatic heterocycles.